The molecule has 2 aromatic rings. The number of nitrogens with zero attached hydrogens (tertiary/aromatic N) is 1. The second-order valence-electron chi connectivity index (χ2n) is 4.34. The van der Waals surface area contributed by atoms with Crippen LogP contribution in [-0.4, -0.2) is 19.7 Å². The number of para-hydroxylation sites is 1. The Morgan fingerprint density at radius 2 is 1.80 bits per heavy atom. The second kappa shape index (κ2) is 7.41. The molecule has 20 heavy (non-hydrogen) atoms. The molecule has 0 fully saturated rings. The van der Waals surface area contributed by atoms with Crippen LogP contribution in [0.25, 0.3) is 0 Å². The van der Waals surface area contributed by atoms with Crippen LogP contribution in [0, 0.1) is 0 Å². The van der Waals surface area contributed by atoms with Gasteiger partial charge in [0.25, 0.3) is 0 Å². The largest absolute Gasteiger partial charge is 0.490 e. The quantitative estimate of drug-likeness (QED) is 0.752. The van der Waals surface area contributed by atoms with E-state index in [-0.39, 0.29) is 0 Å². The maximum absolute atomic E-state index is 6.07. The number of likely N-dealkylation sites (N-methyl/N-ethyl adjacent to an activating group) is 1. The molecule has 0 atom stereocenters. The second-order valence-corrected chi connectivity index (χ2v) is 5.18. The summed E-state index contributed by atoms with van der Waals surface area (Å²) in [4.78, 5) is 2.25. The van der Waals surface area contributed by atoms with Crippen molar-refractivity contribution < 1.29 is 4.74 Å². The van der Waals surface area contributed by atoms with Gasteiger partial charge in [-0.2, -0.15) is 0 Å². The van der Waals surface area contributed by atoms with Crippen LogP contribution in [0.1, 0.15) is 6.92 Å². The molecule has 0 aliphatic carbocycles. The maximum atomic E-state index is 6.07. The van der Waals surface area contributed by atoms with E-state index in [9.17, 15) is 0 Å². The first-order valence-electron chi connectivity index (χ1n) is 6.58. The summed E-state index contributed by atoms with van der Waals surface area (Å²) in [5.41, 5.74) is 1.20. The first kappa shape index (κ1) is 15.0. The monoisotopic (exact) mass is 309 g/mol. The summed E-state index contributed by atoms with van der Waals surface area (Å²) in [6, 6.07) is 15.5. The van der Waals surface area contributed by atoms with Gasteiger partial charge in [0, 0.05) is 17.3 Å². The van der Waals surface area contributed by atoms with Crippen LogP contribution in [-0.2, 0) is 0 Å². The predicted molar refractivity (Wildman–Crippen MR) is 86.3 cm³/mol. The molecule has 0 saturated carbocycles. The summed E-state index contributed by atoms with van der Waals surface area (Å²) in [5, 5.41) is 1.15. The molecule has 0 unspecified atom stereocenters. The van der Waals surface area contributed by atoms with E-state index >= 15 is 0 Å². The van der Waals surface area contributed by atoms with Gasteiger partial charge < -0.3 is 9.64 Å². The molecule has 0 radical (unpaired) electrons. The zero-order valence-corrected chi connectivity index (χ0v) is 12.9. The van der Waals surface area contributed by atoms with Crippen molar-refractivity contribution in [1.82, 2.24) is 0 Å². The molecule has 2 nitrogen and oxygen atoms in total. The Morgan fingerprint density at radius 1 is 1.05 bits per heavy atom. The predicted octanol–water partition coefficient (Wildman–Crippen LogP) is 4.90. The smallest absolute Gasteiger partial charge is 0.138 e. The number of hydrogen-bond acceptors (Lipinski definition) is 2. The van der Waals surface area contributed by atoms with Gasteiger partial charge in [0.05, 0.1) is 11.6 Å². The number of anilines is 1. The van der Waals surface area contributed by atoms with Crippen molar-refractivity contribution in [2.45, 2.75) is 6.92 Å². The zero-order valence-electron chi connectivity index (χ0n) is 11.4. The third-order valence-corrected chi connectivity index (χ3v) is 3.55. The normalized spacial score (nSPS) is 10.3. The average molecular weight is 310 g/mol. The summed E-state index contributed by atoms with van der Waals surface area (Å²) in [5.74, 6) is 0.667. The molecule has 0 spiro atoms. The van der Waals surface area contributed by atoms with Crippen molar-refractivity contribution in [3.63, 3.8) is 0 Å². The van der Waals surface area contributed by atoms with Gasteiger partial charge in [0.2, 0.25) is 0 Å². The highest BCUT2D eigenvalue weighted by molar-refractivity contribution is 6.35. The maximum Gasteiger partial charge on any atom is 0.138 e. The molecule has 106 valence electrons. The van der Waals surface area contributed by atoms with Gasteiger partial charge in [-0.3, -0.25) is 0 Å². The van der Waals surface area contributed by atoms with Gasteiger partial charge in [-0.25, -0.2) is 0 Å². The molecule has 0 bridgehead atoms. The van der Waals surface area contributed by atoms with Crippen LogP contribution in [0.5, 0.6) is 5.75 Å². The number of halogens is 2. The number of ether oxygens (including phenoxy) is 1. The van der Waals surface area contributed by atoms with E-state index in [0.29, 0.717) is 22.4 Å². The van der Waals surface area contributed by atoms with E-state index in [1.807, 2.05) is 18.2 Å². The Balaban J connectivity index is 1.91. The summed E-state index contributed by atoms with van der Waals surface area (Å²) >= 11 is 11.9. The van der Waals surface area contributed by atoms with Gasteiger partial charge in [-0.05, 0) is 37.3 Å². The van der Waals surface area contributed by atoms with Crippen LogP contribution in [0.4, 0.5) is 5.69 Å². The fourth-order valence-electron chi connectivity index (χ4n) is 1.97. The van der Waals surface area contributed by atoms with Crippen LogP contribution < -0.4 is 9.64 Å². The topological polar surface area (TPSA) is 12.5 Å². The fourth-order valence-corrected chi connectivity index (χ4v) is 2.43. The van der Waals surface area contributed by atoms with Crippen LogP contribution in [0.3, 0.4) is 0 Å². The van der Waals surface area contributed by atoms with Gasteiger partial charge in [0.1, 0.15) is 12.4 Å². The average Bonchev–Trinajstić information content (AvgIpc) is 2.46. The standard InChI is InChI=1S/C16H17Cl2NO/c1-2-19(14-6-4-3-5-7-14)10-11-20-16-9-8-13(17)12-15(16)18/h3-9,12H,2,10-11H2,1H3. The Labute approximate surface area is 129 Å². The van der Waals surface area contributed by atoms with Crippen LogP contribution in [0.15, 0.2) is 48.5 Å². The molecular weight excluding hydrogens is 293 g/mol. The highest BCUT2D eigenvalue weighted by atomic mass is 35.5. The number of benzene rings is 2. The molecule has 0 amide bonds. The molecule has 2 rings (SSSR count). The van der Waals surface area contributed by atoms with Crippen molar-refractivity contribution in [3.8, 4) is 5.75 Å². The summed E-state index contributed by atoms with van der Waals surface area (Å²) < 4.78 is 5.71. The lowest BCUT2D eigenvalue weighted by Crippen LogP contribution is -2.27. The molecule has 0 aliphatic heterocycles. The van der Waals surface area contributed by atoms with Gasteiger partial charge in [-0.15, -0.1) is 0 Å². The van der Waals surface area contributed by atoms with E-state index in [4.69, 9.17) is 27.9 Å². The molecule has 0 saturated heterocycles. The van der Waals surface area contributed by atoms with Crippen molar-refractivity contribution in [2.24, 2.45) is 0 Å². The van der Waals surface area contributed by atoms with Crippen molar-refractivity contribution in [2.75, 3.05) is 24.6 Å². The van der Waals surface area contributed by atoms with E-state index in [1.165, 1.54) is 5.69 Å². The Bertz CT molecular complexity index is 545. The first-order chi connectivity index (χ1) is 9.70. The van der Waals surface area contributed by atoms with E-state index in [1.54, 1.807) is 18.2 Å². The van der Waals surface area contributed by atoms with Crippen molar-refractivity contribution in [3.05, 3.63) is 58.6 Å². The lowest BCUT2D eigenvalue weighted by Gasteiger charge is -2.23. The van der Waals surface area contributed by atoms with E-state index in [0.717, 1.165) is 13.1 Å². The van der Waals surface area contributed by atoms with Gasteiger partial charge >= 0.3 is 0 Å². The zero-order chi connectivity index (χ0) is 14.4. The SMILES string of the molecule is CCN(CCOc1ccc(Cl)cc1Cl)c1ccccc1. The highest BCUT2D eigenvalue weighted by Gasteiger charge is 2.05. The molecule has 0 N–H and O–H groups in total. The first-order valence-corrected chi connectivity index (χ1v) is 7.34. The molecule has 0 heterocycles. The Kier molecular flexibility index (Phi) is 5.57. The fraction of sp³-hybridized carbons (Fsp3) is 0.250. The molecule has 4 heteroatoms. The van der Waals surface area contributed by atoms with Crippen LogP contribution in [0.2, 0.25) is 10.0 Å². The summed E-state index contributed by atoms with van der Waals surface area (Å²) in [6.45, 7) is 4.44. The Morgan fingerprint density at radius 3 is 2.45 bits per heavy atom. The third kappa shape index (κ3) is 4.06. The summed E-state index contributed by atoms with van der Waals surface area (Å²) in [6.07, 6.45) is 0. The lowest BCUT2D eigenvalue weighted by atomic mass is 10.3. The minimum absolute atomic E-state index is 0.542. The van der Waals surface area contributed by atoms with E-state index < -0.39 is 0 Å². The summed E-state index contributed by atoms with van der Waals surface area (Å²) in [7, 11) is 0. The molecule has 2 aromatic carbocycles. The van der Waals surface area contributed by atoms with Gasteiger partial charge in [0.15, 0.2) is 0 Å². The highest BCUT2D eigenvalue weighted by Crippen LogP contribution is 2.27. The van der Waals surface area contributed by atoms with Crippen molar-refractivity contribution >= 4 is 28.9 Å². The third-order valence-electron chi connectivity index (χ3n) is 3.02. The number of hydrogen-bond donors (Lipinski definition) is 0. The minimum atomic E-state index is 0.542. The van der Waals surface area contributed by atoms with Crippen molar-refractivity contribution in [1.29, 1.82) is 0 Å². The van der Waals surface area contributed by atoms with E-state index in [2.05, 4.69) is 24.0 Å². The van der Waals surface area contributed by atoms with Crippen LogP contribution >= 0.6 is 23.2 Å². The lowest BCUT2D eigenvalue weighted by molar-refractivity contribution is 0.324. The molecule has 0 aromatic heterocycles. The Hall–Kier alpha value is -1.38. The molecule has 0 aliphatic rings. The molecular formula is C16H17Cl2NO. The van der Waals surface area contributed by atoms with Gasteiger partial charge in [-0.1, -0.05) is 41.4 Å². The minimum Gasteiger partial charge on any atom is -0.490 e. The number of rotatable bonds is 6.